The number of para-hydroxylation sites is 2. The minimum atomic E-state index is -0.336. The van der Waals surface area contributed by atoms with Crippen LogP contribution >= 0.6 is 22.7 Å². The lowest BCUT2D eigenvalue weighted by atomic mass is 9.65. The van der Waals surface area contributed by atoms with Crippen LogP contribution in [0, 0.1) is 0 Å². The average Bonchev–Trinajstić information content (AvgIpc) is 3.90. The highest BCUT2D eigenvalue weighted by molar-refractivity contribution is 7.21. The molecule has 3 nitrogen and oxygen atoms in total. The predicted molar refractivity (Wildman–Crippen MR) is 200 cm³/mol. The second-order valence-electron chi connectivity index (χ2n) is 12.2. The number of fused-ring (bicyclic) bond motifs is 9. The molecule has 5 aromatic carbocycles. The van der Waals surface area contributed by atoms with Gasteiger partial charge in [0.1, 0.15) is 0 Å². The lowest BCUT2D eigenvalue weighted by Gasteiger charge is -2.44. The standard InChI is InChI=1S/C43H27N3S2/c1-3-11-28(12-4-1)36-27-37(45-42(44-36)30-13-5-2-6-14-30)29-19-21-31(22-20-29)46-38-17-9-7-15-32(38)43(33-16-8-10-18-39(33)46)34-23-25-47-40(34)41-35(43)24-26-48-41/h1-27H. The first-order chi connectivity index (χ1) is 23.8. The van der Waals surface area contributed by atoms with Crippen LogP contribution in [0.2, 0.25) is 0 Å². The summed E-state index contributed by atoms with van der Waals surface area (Å²) in [6, 6.07) is 54.1. The Morgan fingerprint density at radius 2 is 0.917 bits per heavy atom. The number of rotatable bonds is 4. The average molecular weight is 650 g/mol. The van der Waals surface area contributed by atoms with Crippen molar-refractivity contribution in [2.75, 3.05) is 4.90 Å². The van der Waals surface area contributed by atoms with E-state index in [1.807, 2.05) is 46.9 Å². The fourth-order valence-corrected chi connectivity index (χ4v) is 9.76. The first-order valence-corrected chi connectivity index (χ1v) is 17.8. The molecule has 10 rings (SSSR count). The van der Waals surface area contributed by atoms with Crippen LogP contribution in [0.5, 0.6) is 0 Å². The van der Waals surface area contributed by atoms with Crippen molar-refractivity contribution in [3.8, 4) is 43.7 Å². The fourth-order valence-electron chi connectivity index (χ4n) is 7.66. The van der Waals surface area contributed by atoms with E-state index in [9.17, 15) is 0 Å². The van der Waals surface area contributed by atoms with Gasteiger partial charge in [0, 0.05) is 32.1 Å². The molecule has 226 valence electrons. The van der Waals surface area contributed by atoms with Gasteiger partial charge in [0.05, 0.1) is 28.2 Å². The Hall–Kier alpha value is -5.62. The highest BCUT2D eigenvalue weighted by Gasteiger charge is 2.52. The van der Waals surface area contributed by atoms with E-state index in [0.717, 1.165) is 39.6 Å². The molecule has 1 aliphatic heterocycles. The van der Waals surface area contributed by atoms with Gasteiger partial charge in [0.25, 0.3) is 0 Å². The number of aromatic nitrogens is 2. The molecule has 0 amide bonds. The third-order valence-electron chi connectivity index (χ3n) is 9.69. The Bertz CT molecular complexity index is 2310. The SMILES string of the molecule is c1ccc(-c2cc(-c3ccc(N4c5ccccc5C5(c6ccccc64)c4ccsc4-c4sccc45)cc3)nc(-c3ccccc3)n2)cc1. The summed E-state index contributed by atoms with van der Waals surface area (Å²) >= 11 is 3.72. The number of hydrogen-bond donors (Lipinski definition) is 0. The highest BCUT2D eigenvalue weighted by atomic mass is 32.1. The van der Waals surface area contributed by atoms with Gasteiger partial charge in [-0.05, 0) is 75.5 Å². The van der Waals surface area contributed by atoms with Crippen molar-refractivity contribution in [1.29, 1.82) is 0 Å². The molecule has 48 heavy (non-hydrogen) atoms. The third kappa shape index (κ3) is 3.92. The molecular formula is C43H27N3S2. The summed E-state index contributed by atoms with van der Waals surface area (Å²) in [7, 11) is 0. The van der Waals surface area contributed by atoms with Crippen molar-refractivity contribution in [3.05, 3.63) is 185 Å². The molecule has 0 N–H and O–H groups in total. The van der Waals surface area contributed by atoms with E-state index < -0.39 is 0 Å². The van der Waals surface area contributed by atoms with E-state index in [0.29, 0.717) is 0 Å². The van der Waals surface area contributed by atoms with Crippen LogP contribution in [-0.4, -0.2) is 9.97 Å². The summed E-state index contributed by atoms with van der Waals surface area (Å²) in [4.78, 5) is 15.3. The summed E-state index contributed by atoms with van der Waals surface area (Å²) in [6.07, 6.45) is 0. The van der Waals surface area contributed by atoms with E-state index >= 15 is 0 Å². The predicted octanol–water partition coefficient (Wildman–Crippen LogP) is 11.7. The third-order valence-corrected chi connectivity index (χ3v) is 11.7. The fraction of sp³-hybridized carbons (Fsp3) is 0.0233. The van der Waals surface area contributed by atoms with Crippen molar-refractivity contribution >= 4 is 39.7 Å². The lowest BCUT2D eigenvalue weighted by molar-refractivity contribution is 0.756. The van der Waals surface area contributed by atoms with Gasteiger partial charge in [0.15, 0.2) is 5.82 Å². The van der Waals surface area contributed by atoms with Crippen LogP contribution in [0.4, 0.5) is 17.1 Å². The summed E-state index contributed by atoms with van der Waals surface area (Å²) in [5.41, 5.74) is 13.6. The number of hydrogen-bond acceptors (Lipinski definition) is 5. The molecule has 0 bridgehead atoms. The zero-order valence-electron chi connectivity index (χ0n) is 25.7. The molecule has 0 unspecified atom stereocenters. The van der Waals surface area contributed by atoms with Gasteiger partial charge in [-0.1, -0.05) is 109 Å². The largest absolute Gasteiger partial charge is 0.310 e. The topological polar surface area (TPSA) is 29.0 Å². The van der Waals surface area contributed by atoms with Crippen LogP contribution < -0.4 is 4.90 Å². The molecule has 0 saturated carbocycles. The molecule has 8 aromatic rings. The Morgan fingerprint density at radius 3 is 1.48 bits per heavy atom. The Labute approximate surface area is 287 Å². The van der Waals surface area contributed by atoms with Crippen LogP contribution in [0.15, 0.2) is 162 Å². The van der Waals surface area contributed by atoms with E-state index in [2.05, 4.69) is 143 Å². The lowest BCUT2D eigenvalue weighted by Crippen LogP contribution is -2.35. The zero-order valence-corrected chi connectivity index (χ0v) is 27.4. The van der Waals surface area contributed by atoms with E-state index in [1.165, 1.54) is 43.4 Å². The molecule has 5 heteroatoms. The normalized spacial score (nSPS) is 13.5. The second-order valence-corrected chi connectivity index (χ2v) is 14.0. The number of anilines is 3. The molecule has 1 spiro atoms. The van der Waals surface area contributed by atoms with Crippen molar-refractivity contribution in [2.24, 2.45) is 0 Å². The Kier molecular flexibility index (Phi) is 6.13. The van der Waals surface area contributed by atoms with Gasteiger partial charge in [-0.3, -0.25) is 0 Å². The second kappa shape index (κ2) is 10.7. The van der Waals surface area contributed by atoms with Crippen molar-refractivity contribution in [2.45, 2.75) is 5.41 Å². The van der Waals surface area contributed by atoms with Crippen LogP contribution in [0.25, 0.3) is 43.7 Å². The molecule has 0 saturated heterocycles. The van der Waals surface area contributed by atoms with Crippen molar-refractivity contribution in [3.63, 3.8) is 0 Å². The van der Waals surface area contributed by atoms with Crippen LogP contribution in [0.3, 0.4) is 0 Å². The minimum absolute atomic E-state index is 0.336. The maximum atomic E-state index is 5.07. The van der Waals surface area contributed by atoms with E-state index in [1.54, 1.807) is 0 Å². The maximum Gasteiger partial charge on any atom is 0.160 e. The van der Waals surface area contributed by atoms with Gasteiger partial charge >= 0.3 is 0 Å². The molecular weight excluding hydrogens is 623 g/mol. The summed E-state index contributed by atoms with van der Waals surface area (Å²) < 4.78 is 0. The molecule has 0 atom stereocenters. The monoisotopic (exact) mass is 649 g/mol. The van der Waals surface area contributed by atoms with Crippen LogP contribution in [0.1, 0.15) is 22.3 Å². The minimum Gasteiger partial charge on any atom is -0.310 e. The van der Waals surface area contributed by atoms with E-state index in [-0.39, 0.29) is 5.41 Å². The zero-order chi connectivity index (χ0) is 31.7. The summed E-state index contributed by atoms with van der Waals surface area (Å²) in [6.45, 7) is 0. The summed E-state index contributed by atoms with van der Waals surface area (Å²) in [5, 5.41) is 4.51. The van der Waals surface area contributed by atoms with Gasteiger partial charge in [0.2, 0.25) is 0 Å². The molecule has 3 aromatic heterocycles. The number of benzene rings is 5. The van der Waals surface area contributed by atoms with Gasteiger partial charge in [-0.2, -0.15) is 0 Å². The Morgan fingerprint density at radius 1 is 0.438 bits per heavy atom. The molecule has 4 heterocycles. The summed E-state index contributed by atoms with van der Waals surface area (Å²) in [5.74, 6) is 0.720. The molecule has 2 aliphatic rings. The van der Waals surface area contributed by atoms with Crippen LogP contribution in [-0.2, 0) is 5.41 Å². The number of thiophene rings is 2. The van der Waals surface area contributed by atoms with Crippen molar-refractivity contribution in [1.82, 2.24) is 9.97 Å². The van der Waals surface area contributed by atoms with Gasteiger partial charge < -0.3 is 4.90 Å². The highest BCUT2D eigenvalue weighted by Crippen LogP contribution is 2.65. The molecule has 1 aliphatic carbocycles. The first-order valence-electron chi connectivity index (χ1n) is 16.1. The Balaban J connectivity index is 1.12. The van der Waals surface area contributed by atoms with E-state index in [4.69, 9.17) is 9.97 Å². The number of nitrogens with zero attached hydrogens (tertiary/aromatic N) is 3. The van der Waals surface area contributed by atoms with Gasteiger partial charge in [-0.25, -0.2) is 9.97 Å². The van der Waals surface area contributed by atoms with Gasteiger partial charge in [-0.15, -0.1) is 22.7 Å². The first kappa shape index (κ1) is 27.5. The quantitative estimate of drug-likeness (QED) is 0.190. The maximum absolute atomic E-state index is 5.07. The molecule has 0 radical (unpaired) electrons. The smallest absolute Gasteiger partial charge is 0.160 e. The molecule has 0 fully saturated rings. The van der Waals surface area contributed by atoms with Crippen molar-refractivity contribution < 1.29 is 0 Å².